The third-order valence-electron chi connectivity index (χ3n) is 11.4. The van der Waals surface area contributed by atoms with Crippen molar-refractivity contribution >= 4 is 59.9 Å². The van der Waals surface area contributed by atoms with Gasteiger partial charge in [-0.1, -0.05) is 171 Å². The average Bonchev–Trinajstić information content (AvgIpc) is 3.23. The molecule has 0 N–H and O–H groups in total. The Morgan fingerprint density at radius 3 is 1.91 bits per heavy atom. The summed E-state index contributed by atoms with van der Waals surface area (Å²) < 4.78 is 0. The van der Waals surface area contributed by atoms with Crippen LogP contribution in [0.4, 0.5) is 0 Å². The van der Waals surface area contributed by atoms with E-state index in [0.29, 0.717) is 0 Å². The van der Waals surface area contributed by atoms with Gasteiger partial charge in [0.1, 0.15) is 0 Å². The number of benzene rings is 8. The molecule has 0 spiro atoms. The van der Waals surface area contributed by atoms with E-state index in [9.17, 15) is 0 Å². The van der Waals surface area contributed by atoms with Crippen LogP contribution in [0, 0.1) is 0 Å². The van der Waals surface area contributed by atoms with Crippen molar-refractivity contribution in [3.63, 3.8) is 0 Å². The van der Waals surface area contributed by atoms with E-state index in [0.717, 1.165) is 25.7 Å². The van der Waals surface area contributed by atoms with Crippen LogP contribution < -0.4 is 0 Å². The van der Waals surface area contributed by atoms with Gasteiger partial charge in [0.25, 0.3) is 0 Å². The van der Waals surface area contributed by atoms with Crippen molar-refractivity contribution in [3.8, 4) is 22.3 Å². The normalized spacial score (nSPS) is 13.5. The minimum Gasteiger partial charge on any atom is -0.0990 e. The molecule has 0 saturated heterocycles. The molecule has 260 valence electrons. The minimum absolute atomic E-state index is 0.901. The molecule has 0 heteroatoms. The van der Waals surface area contributed by atoms with E-state index in [1.165, 1.54) is 104 Å². The maximum absolute atomic E-state index is 3.93. The molecule has 0 fully saturated rings. The van der Waals surface area contributed by atoms with E-state index in [1.54, 1.807) is 0 Å². The summed E-state index contributed by atoms with van der Waals surface area (Å²) in [5.41, 5.74) is 12.0. The Bertz CT molecular complexity index is 2870. The Balaban J connectivity index is 1.18. The van der Waals surface area contributed by atoms with Crippen molar-refractivity contribution in [1.29, 1.82) is 0 Å². The first-order valence-electron chi connectivity index (χ1n) is 19.4. The molecule has 1 aliphatic rings. The predicted molar refractivity (Wildman–Crippen MR) is 237 cm³/mol. The molecule has 0 unspecified atom stereocenters. The second kappa shape index (κ2) is 14.3. The Hall–Kier alpha value is -6.24. The van der Waals surface area contributed by atoms with E-state index in [1.807, 2.05) is 6.08 Å². The summed E-state index contributed by atoms with van der Waals surface area (Å²) in [4.78, 5) is 0. The van der Waals surface area contributed by atoms with Crippen LogP contribution in [0.3, 0.4) is 0 Å². The fourth-order valence-corrected chi connectivity index (χ4v) is 8.95. The van der Waals surface area contributed by atoms with E-state index in [4.69, 9.17) is 0 Å². The molecular formula is C54H44. The Morgan fingerprint density at radius 1 is 0.630 bits per heavy atom. The van der Waals surface area contributed by atoms with Crippen LogP contribution in [0.2, 0.25) is 0 Å². The lowest BCUT2D eigenvalue weighted by Crippen LogP contribution is -2.02. The Morgan fingerprint density at radius 2 is 1.22 bits per heavy atom. The van der Waals surface area contributed by atoms with Crippen LogP contribution in [0.25, 0.3) is 82.2 Å². The van der Waals surface area contributed by atoms with Crippen molar-refractivity contribution in [2.24, 2.45) is 0 Å². The number of hydrogen-bond acceptors (Lipinski definition) is 0. The summed E-state index contributed by atoms with van der Waals surface area (Å²) in [5.74, 6) is 0. The Kier molecular flexibility index (Phi) is 8.89. The van der Waals surface area contributed by atoms with Gasteiger partial charge in [0, 0.05) is 0 Å². The van der Waals surface area contributed by atoms with Crippen LogP contribution in [-0.2, 0) is 12.8 Å². The first-order valence-corrected chi connectivity index (χ1v) is 19.4. The van der Waals surface area contributed by atoms with E-state index in [2.05, 4.69) is 184 Å². The highest BCUT2D eigenvalue weighted by Gasteiger charge is 2.22. The summed E-state index contributed by atoms with van der Waals surface area (Å²) >= 11 is 0. The Labute approximate surface area is 318 Å². The maximum Gasteiger partial charge on any atom is -0.00295 e. The van der Waals surface area contributed by atoms with Crippen LogP contribution in [0.15, 0.2) is 182 Å². The van der Waals surface area contributed by atoms with Gasteiger partial charge in [0.15, 0.2) is 0 Å². The van der Waals surface area contributed by atoms with Gasteiger partial charge in [-0.2, -0.15) is 0 Å². The third-order valence-corrected chi connectivity index (χ3v) is 11.4. The van der Waals surface area contributed by atoms with Gasteiger partial charge in [0.05, 0.1) is 0 Å². The molecule has 0 saturated carbocycles. The molecule has 9 rings (SSSR count). The molecule has 0 radical (unpaired) electrons. The van der Waals surface area contributed by atoms with E-state index >= 15 is 0 Å². The number of allylic oxidation sites excluding steroid dienone is 8. The maximum atomic E-state index is 3.93. The lowest BCUT2D eigenvalue weighted by Gasteiger charge is -2.24. The van der Waals surface area contributed by atoms with Crippen LogP contribution >= 0.6 is 0 Å². The quantitative estimate of drug-likeness (QED) is 0.110. The highest BCUT2D eigenvalue weighted by molar-refractivity contribution is 6.26. The lowest BCUT2D eigenvalue weighted by molar-refractivity contribution is 0.991. The van der Waals surface area contributed by atoms with Gasteiger partial charge in [-0.05, 0) is 149 Å². The van der Waals surface area contributed by atoms with Crippen molar-refractivity contribution in [2.45, 2.75) is 39.5 Å². The molecule has 54 heavy (non-hydrogen) atoms. The first-order chi connectivity index (χ1) is 26.7. The summed E-state index contributed by atoms with van der Waals surface area (Å²) in [6.45, 7) is 8.22. The summed E-state index contributed by atoms with van der Waals surface area (Å²) in [6.07, 6.45) is 19.3. The largest absolute Gasteiger partial charge is 0.0990 e. The molecule has 8 aromatic carbocycles. The zero-order valence-corrected chi connectivity index (χ0v) is 31.2. The predicted octanol–water partition coefficient (Wildman–Crippen LogP) is 15.3. The standard InChI is InChI=1S/C54H44/c1-4-15-38(16-5-2)37(6-3)27-25-36-26-28-40-34-41(30-29-39(40)33-36)53-48-21-11-13-23-50(48)54(51-24-14-12-22-49(51)53)42-31-32-47-45-19-8-7-17-43(45)44-18-9-10-20-46(44)52(47)35-42/h4-5,7-13,15-23,26-35H,1,6,14,24-25H2,2-3H3/b16-5-,37-27-,38-15-. The monoisotopic (exact) mass is 692 g/mol. The van der Waals surface area contributed by atoms with Gasteiger partial charge in [-0.3, -0.25) is 0 Å². The fraction of sp³-hybridized carbons (Fsp3) is 0.111. The van der Waals surface area contributed by atoms with Crippen molar-refractivity contribution < 1.29 is 0 Å². The summed E-state index contributed by atoms with van der Waals surface area (Å²) in [5, 5.41) is 13.1. The zero-order chi connectivity index (χ0) is 36.6. The second-order valence-electron chi connectivity index (χ2n) is 14.5. The second-order valence-corrected chi connectivity index (χ2v) is 14.5. The number of hydrogen-bond donors (Lipinski definition) is 0. The van der Waals surface area contributed by atoms with Crippen molar-refractivity contribution in [3.05, 3.63) is 198 Å². The summed E-state index contributed by atoms with van der Waals surface area (Å²) in [7, 11) is 0. The fourth-order valence-electron chi connectivity index (χ4n) is 8.95. The lowest BCUT2D eigenvalue weighted by atomic mass is 9.79. The van der Waals surface area contributed by atoms with Crippen LogP contribution in [0.1, 0.15) is 43.4 Å². The molecule has 0 atom stereocenters. The smallest absolute Gasteiger partial charge is 0.00295 e. The number of fused-ring (bicyclic) bond motifs is 9. The molecule has 1 aliphatic carbocycles. The van der Waals surface area contributed by atoms with Gasteiger partial charge >= 0.3 is 0 Å². The van der Waals surface area contributed by atoms with Gasteiger partial charge < -0.3 is 0 Å². The number of rotatable bonds is 8. The topological polar surface area (TPSA) is 0 Å². The SMILES string of the molecule is C=C/C=C(/C=C\C)C(=C/Cc1ccc2cc(-c3c4c(c(-c5ccc6c7ccccc7c7ccccc7c6c5)c5ccccc35)CCC=C4)ccc2c1)\CC. The van der Waals surface area contributed by atoms with Crippen molar-refractivity contribution in [1.82, 2.24) is 0 Å². The van der Waals surface area contributed by atoms with Gasteiger partial charge in [-0.15, -0.1) is 0 Å². The highest BCUT2D eigenvalue weighted by Crippen LogP contribution is 2.46. The molecule has 0 bridgehead atoms. The van der Waals surface area contributed by atoms with E-state index < -0.39 is 0 Å². The van der Waals surface area contributed by atoms with E-state index in [-0.39, 0.29) is 0 Å². The first kappa shape index (κ1) is 33.6. The van der Waals surface area contributed by atoms with Crippen molar-refractivity contribution in [2.75, 3.05) is 0 Å². The molecule has 0 aliphatic heterocycles. The highest BCUT2D eigenvalue weighted by atomic mass is 14.3. The molecule has 8 aromatic rings. The third kappa shape index (κ3) is 5.80. The van der Waals surface area contributed by atoms with Gasteiger partial charge in [0.2, 0.25) is 0 Å². The molecule has 0 aromatic heterocycles. The van der Waals surface area contributed by atoms with Gasteiger partial charge in [-0.25, -0.2) is 0 Å². The molecule has 0 amide bonds. The van der Waals surface area contributed by atoms with Crippen LogP contribution in [-0.4, -0.2) is 0 Å². The minimum atomic E-state index is 0.901. The molecule has 0 heterocycles. The molecule has 0 nitrogen and oxygen atoms in total. The molecular weight excluding hydrogens is 649 g/mol. The average molecular weight is 693 g/mol. The zero-order valence-electron chi connectivity index (χ0n) is 31.2. The summed E-state index contributed by atoms with van der Waals surface area (Å²) in [6, 6.07) is 48.1. The van der Waals surface area contributed by atoms with Crippen LogP contribution in [0.5, 0.6) is 0 Å².